The van der Waals surface area contributed by atoms with E-state index in [0.29, 0.717) is 24.4 Å². The summed E-state index contributed by atoms with van der Waals surface area (Å²) in [6.45, 7) is 2.12. The van der Waals surface area contributed by atoms with Crippen molar-refractivity contribution in [3.8, 4) is 5.75 Å². The Morgan fingerprint density at radius 3 is 2.35 bits per heavy atom. The van der Waals surface area contributed by atoms with Crippen molar-refractivity contribution < 1.29 is 23.1 Å². The molecule has 0 aromatic heterocycles. The van der Waals surface area contributed by atoms with E-state index in [9.17, 15) is 13.2 Å². The van der Waals surface area contributed by atoms with Crippen LogP contribution in [0.5, 0.6) is 5.75 Å². The Kier molecular flexibility index (Phi) is 6.99. The lowest BCUT2D eigenvalue weighted by Crippen LogP contribution is -2.30. The van der Waals surface area contributed by atoms with Gasteiger partial charge in [-0.2, -0.15) is 0 Å². The van der Waals surface area contributed by atoms with Crippen LogP contribution < -0.4 is 14.8 Å². The lowest BCUT2D eigenvalue weighted by Gasteiger charge is -2.10. The largest absolute Gasteiger partial charge is 0.484 e. The number of hydrogen-bond donors (Lipinski definition) is 3. The number of hydrogen-bond acceptors (Lipinski definition) is 5. The molecule has 0 radical (unpaired) electrons. The summed E-state index contributed by atoms with van der Waals surface area (Å²) in [5.74, 6) is 0.0766. The van der Waals surface area contributed by atoms with Crippen LogP contribution in [-0.4, -0.2) is 39.2 Å². The van der Waals surface area contributed by atoms with E-state index in [-0.39, 0.29) is 24.0 Å². The summed E-state index contributed by atoms with van der Waals surface area (Å²) in [5.41, 5.74) is 1.52. The minimum absolute atomic E-state index is 0.00764. The molecule has 0 spiro atoms. The summed E-state index contributed by atoms with van der Waals surface area (Å²) in [4.78, 5) is 11.6. The quantitative estimate of drug-likeness (QED) is 0.576. The zero-order valence-corrected chi connectivity index (χ0v) is 15.3. The van der Waals surface area contributed by atoms with Gasteiger partial charge in [0, 0.05) is 18.8 Å². The number of aryl methyl sites for hydroxylation is 1. The van der Waals surface area contributed by atoms with Crippen molar-refractivity contribution in [1.29, 1.82) is 0 Å². The van der Waals surface area contributed by atoms with E-state index in [4.69, 9.17) is 9.84 Å². The molecule has 7 nitrogen and oxygen atoms in total. The third-order valence-corrected chi connectivity index (χ3v) is 4.86. The van der Waals surface area contributed by atoms with E-state index in [1.807, 2.05) is 19.1 Å². The highest BCUT2D eigenvalue weighted by atomic mass is 32.2. The van der Waals surface area contributed by atoms with Crippen molar-refractivity contribution in [3.63, 3.8) is 0 Å². The Morgan fingerprint density at radius 2 is 1.73 bits per heavy atom. The summed E-state index contributed by atoms with van der Waals surface area (Å²) < 4.78 is 32.6. The Hall–Kier alpha value is -2.58. The molecular weight excluding hydrogens is 356 g/mol. The number of carbonyl (C=O) groups is 1. The van der Waals surface area contributed by atoms with Gasteiger partial charge in [-0.05, 0) is 49.7 Å². The average Bonchev–Trinajstić information content (AvgIpc) is 2.62. The number of carbonyl (C=O) groups excluding carboxylic acids is 1. The molecule has 0 aliphatic carbocycles. The summed E-state index contributed by atoms with van der Waals surface area (Å²) in [6, 6.07) is 12.8. The van der Waals surface area contributed by atoms with Crippen molar-refractivity contribution >= 4 is 21.6 Å². The molecule has 0 aliphatic rings. The maximum atomic E-state index is 12.4. The van der Waals surface area contributed by atoms with E-state index < -0.39 is 10.0 Å². The minimum atomic E-state index is -3.70. The standard InChI is InChI=1S/C18H22N2O5S/c1-14-3-5-15(6-4-14)20-26(23,24)17-9-7-16(8-10-17)25-13-18(22)19-11-2-12-21/h3-10,20-21H,2,11-13H2,1H3,(H,19,22). The first-order valence-electron chi connectivity index (χ1n) is 8.10. The number of benzene rings is 2. The van der Waals surface area contributed by atoms with E-state index in [1.165, 1.54) is 24.3 Å². The summed E-state index contributed by atoms with van der Waals surface area (Å²) >= 11 is 0. The van der Waals surface area contributed by atoms with Gasteiger partial charge in [-0.25, -0.2) is 8.42 Å². The maximum absolute atomic E-state index is 12.4. The highest BCUT2D eigenvalue weighted by Crippen LogP contribution is 2.19. The van der Waals surface area contributed by atoms with Gasteiger partial charge in [-0.1, -0.05) is 17.7 Å². The van der Waals surface area contributed by atoms with Crippen LogP contribution in [0.1, 0.15) is 12.0 Å². The normalized spacial score (nSPS) is 11.0. The molecule has 26 heavy (non-hydrogen) atoms. The first-order chi connectivity index (χ1) is 12.4. The molecule has 1 amide bonds. The summed E-state index contributed by atoms with van der Waals surface area (Å²) in [5, 5.41) is 11.2. The summed E-state index contributed by atoms with van der Waals surface area (Å²) in [6.07, 6.45) is 0.478. The topological polar surface area (TPSA) is 105 Å². The molecule has 8 heteroatoms. The van der Waals surface area contributed by atoms with Gasteiger partial charge in [0.1, 0.15) is 5.75 Å². The Labute approximate surface area is 153 Å². The predicted octanol–water partition coefficient (Wildman–Crippen LogP) is 1.67. The number of ether oxygens (including phenoxy) is 1. The molecule has 2 rings (SSSR count). The second kappa shape index (κ2) is 9.21. The number of aliphatic hydroxyl groups excluding tert-OH is 1. The van der Waals surface area contributed by atoms with Crippen molar-refractivity contribution in [1.82, 2.24) is 5.32 Å². The highest BCUT2D eigenvalue weighted by Gasteiger charge is 2.14. The van der Waals surface area contributed by atoms with E-state index in [2.05, 4.69) is 10.0 Å². The molecule has 0 heterocycles. The summed E-state index contributed by atoms with van der Waals surface area (Å²) in [7, 11) is -3.70. The monoisotopic (exact) mass is 378 g/mol. The Morgan fingerprint density at radius 1 is 1.08 bits per heavy atom. The van der Waals surface area contributed by atoms with Crippen molar-refractivity contribution in [3.05, 3.63) is 54.1 Å². The number of amides is 1. The predicted molar refractivity (Wildman–Crippen MR) is 98.6 cm³/mol. The fraction of sp³-hybridized carbons (Fsp3) is 0.278. The van der Waals surface area contributed by atoms with E-state index in [0.717, 1.165) is 5.56 Å². The highest BCUT2D eigenvalue weighted by molar-refractivity contribution is 7.92. The third-order valence-electron chi connectivity index (χ3n) is 3.46. The van der Waals surface area contributed by atoms with E-state index >= 15 is 0 Å². The third kappa shape index (κ3) is 6.05. The van der Waals surface area contributed by atoms with Gasteiger partial charge >= 0.3 is 0 Å². The van der Waals surface area contributed by atoms with Gasteiger partial charge in [0.2, 0.25) is 0 Å². The minimum Gasteiger partial charge on any atom is -0.484 e. The molecular formula is C18H22N2O5S. The van der Waals surface area contributed by atoms with E-state index in [1.54, 1.807) is 12.1 Å². The van der Waals surface area contributed by atoms with Crippen LogP contribution in [0.15, 0.2) is 53.4 Å². The smallest absolute Gasteiger partial charge is 0.261 e. The van der Waals surface area contributed by atoms with Crippen molar-refractivity contribution in [2.45, 2.75) is 18.2 Å². The molecule has 0 saturated carbocycles. The number of sulfonamides is 1. The van der Waals surface area contributed by atoms with Gasteiger partial charge in [-0.15, -0.1) is 0 Å². The number of rotatable bonds is 9. The van der Waals surface area contributed by atoms with Crippen LogP contribution in [0.4, 0.5) is 5.69 Å². The van der Waals surface area contributed by atoms with Gasteiger partial charge in [0.15, 0.2) is 6.61 Å². The van der Waals surface area contributed by atoms with Gasteiger partial charge in [0.25, 0.3) is 15.9 Å². The van der Waals surface area contributed by atoms with Crippen LogP contribution in [0, 0.1) is 6.92 Å². The lowest BCUT2D eigenvalue weighted by molar-refractivity contribution is -0.123. The second-order valence-corrected chi connectivity index (χ2v) is 7.34. The Balaban J connectivity index is 1.93. The average molecular weight is 378 g/mol. The number of aliphatic hydroxyl groups is 1. The number of anilines is 1. The lowest BCUT2D eigenvalue weighted by atomic mass is 10.2. The molecule has 0 bridgehead atoms. The zero-order chi connectivity index (χ0) is 19.0. The second-order valence-electron chi connectivity index (χ2n) is 5.66. The molecule has 0 unspecified atom stereocenters. The fourth-order valence-electron chi connectivity index (χ4n) is 2.06. The first kappa shape index (κ1) is 19.7. The van der Waals surface area contributed by atoms with Crippen LogP contribution in [0.2, 0.25) is 0 Å². The van der Waals surface area contributed by atoms with Crippen LogP contribution in [0.25, 0.3) is 0 Å². The molecule has 3 N–H and O–H groups in total. The van der Waals surface area contributed by atoms with Crippen LogP contribution >= 0.6 is 0 Å². The SMILES string of the molecule is Cc1ccc(NS(=O)(=O)c2ccc(OCC(=O)NCCCO)cc2)cc1. The van der Waals surface area contributed by atoms with Crippen molar-refractivity contribution in [2.24, 2.45) is 0 Å². The number of nitrogens with one attached hydrogen (secondary N) is 2. The fourth-order valence-corrected chi connectivity index (χ4v) is 3.12. The molecule has 0 fully saturated rings. The maximum Gasteiger partial charge on any atom is 0.261 e. The molecule has 0 aliphatic heterocycles. The molecule has 2 aromatic carbocycles. The van der Waals surface area contributed by atoms with Gasteiger partial charge in [0.05, 0.1) is 4.90 Å². The van der Waals surface area contributed by atoms with Crippen LogP contribution in [0.3, 0.4) is 0 Å². The van der Waals surface area contributed by atoms with Gasteiger partial charge in [-0.3, -0.25) is 9.52 Å². The molecule has 140 valence electrons. The van der Waals surface area contributed by atoms with Crippen LogP contribution in [-0.2, 0) is 14.8 Å². The Bertz CT molecular complexity index is 818. The molecule has 0 saturated heterocycles. The molecule has 2 aromatic rings. The van der Waals surface area contributed by atoms with Crippen molar-refractivity contribution in [2.75, 3.05) is 24.5 Å². The first-order valence-corrected chi connectivity index (χ1v) is 9.59. The van der Waals surface area contributed by atoms with Gasteiger partial charge < -0.3 is 15.2 Å². The zero-order valence-electron chi connectivity index (χ0n) is 14.4. The molecule has 0 atom stereocenters.